The van der Waals surface area contributed by atoms with E-state index in [0.29, 0.717) is 18.8 Å². The second kappa shape index (κ2) is 5.30. The molecule has 0 amide bonds. The van der Waals surface area contributed by atoms with Crippen LogP contribution in [0.5, 0.6) is 0 Å². The predicted octanol–water partition coefficient (Wildman–Crippen LogP) is 2.15. The summed E-state index contributed by atoms with van der Waals surface area (Å²) in [4.78, 5) is 11.6. The van der Waals surface area contributed by atoms with Gasteiger partial charge in [-0.25, -0.2) is 4.39 Å². The molecule has 0 heterocycles. The molecule has 5 nitrogen and oxygen atoms in total. The number of halogens is 1. The van der Waals surface area contributed by atoms with Crippen molar-refractivity contribution in [2.45, 2.75) is 13.8 Å². The number of hydrogen-bond donors (Lipinski definition) is 1. The molecule has 0 saturated heterocycles. The van der Waals surface area contributed by atoms with Gasteiger partial charge in [-0.15, -0.1) is 0 Å². The predicted molar refractivity (Wildman–Crippen MR) is 69.2 cm³/mol. The summed E-state index contributed by atoms with van der Waals surface area (Å²) in [5, 5.41) is 10.5. The van der Waals surface area contributed by atoms with Gasteiger partial charge < -0.3 is 10.6 Å². The lowest BCUT2D eigenvalue weighted by Gasteiger charge is -2.30. The first-order chi connectivity index (χ1) is 8.26. The third kappa shape index (κ3) is 3.40. The fraction of sp³-hybridized carbons (Fsp3) is 0.500. The van der Waals surface area contributed by atoms with Crippen LogP contribution in [-0.4, -0.2) is 25.1 Å². The Morgan fingerprint density at radius 2 is 2.11 bits per heavy atom. The maximum atomic E-state index is 13.8. The van der Waals surface area contributed by atoms with E-state index in [4.69, 9.17) is 5.73 Å². The largest absolute Gasteiger partial charge is 0.372 e. The van der Waals surface area contributed by atoms with Gasteiger partial charge in [0.2, 0.25) is 0 Å². The van der Waals surface area contributed by atoms with Gasteiger partial charge in [0.15, 0.2) is 5.82 Å². The maximum Gasteiger partial charge on any atom is 0.272 e. The van der Waals surface area contributed by atoms with Gasteiger partial charge in [-0.05, 0) is 18.0 Å². The Balaban J connectivity index is 2.93. The molecule has 6 heteroatoms. The minimum atomic E-state index is -0.614. The molecule has 0 radical (unpaired) electrons. The smallest absolute Gasteiger partial charge is 0.272 e. The molecule has 0 atom stereocenters. The zero-order valence-corrected chi connectivity index (χ0v) is 10.8. The van der Waals surface area contributed by atoms with Crippen LogP contribution < -0.4 is 10.6 Å². The summed E-state index contributed by atoms with van der Waals surface area (Å²) in [6, 6.07) is 3.64. The molecule has 0 aliphatic rings. The SMILES string of the molecule is CN(CC(C)(C)CN)c1ccc([N+](=O)[O-])cc1F. The highest BCUT2D eigenvalue weighted by molar-refractivity contribution is 5.51. The van der Waals surface area contributed by atoms with E-state index in [1.54, 1.807) is 11.9 Å². The number of nitro benzene ring substituents is 1. The van der Waals surface area contributed by atoms with E-state index in [9.17, 15) is 14.5 Å². The molecule has 1 aromatic rings. The molecule has 0 unspecified atom stereocenters. The van der Waals surface area contributed by atoms with E-state index >= 15 is 0 Å². The molecule has 0 bridgehead atoms. The van der Waals surface area contributed by atoms with Gasteiger partial charge in [0.1, 0.15) is 0 Å². The fourth-order valence-corrected chi connectivity index (χ4v) is 1.71. The fourth-order valence-electron chi connectivity index (χ4n) is 1.71. The van der Waals surface area contributed by atoms with E-state index in [1.165, 1.54) is 12.1 Å². The topological polar surface area (TPSA) is 72.4 Å². The number of benzene rings is 1. The normalized spacial score (nSPS) is 11.4. The van der Waals surface area contributed by atoms with Gasteiger partial charge in [-0.1, -0.05) is 13.8 Å². The van der Waals surface area contributed by atoms with Crippen LogP contribution in [0.4, 0.5) is 15.8 Å². The van der Waals surface area contributed by atoms with Gasteiger partial charge in [0.05, 0.1) is 16.7 Å². The van der Waals surface area contributed by atoms with E-state index < -0.39 is 10.7 Å². The number of rotatable bonds is 5. The van der Waals surface area contributed by atoms with Gasteiger partial charge in [-0.2, -0.15) is 0 Å². The number of nitrogens with zero attached hydrogens (tertiary/aromatic N) is 2. The quantitative estimate of drug-likeness (QED) is 0.646. The molecule has 0 spiro atoms. The van der Waals surface area contributed by atoms with E-state index in [0.717, 1.165) is 6.07 Å². The summed E-state index contributed by atoms with van der Waals surface area (Å²) in [5.74, 6) is -0.598. The Morgan fingerprint density at radius 1 is 1.50 bits per heavy atom. The van der Waals surface area contributed by atoms with Gasteiger partial charge in [0.25, 0.3) is 5.69 Å². The summed E-state index contributed by atoms with van der Waals surface area (Å²) < 4.78 is 13.8. The lowest BCUT2D eigenvalue weighted by atomic mass is 9.93. The van der Waals surface area contributed by atoms with Crippen molar-refractivity contribution in [2.75, 3.05) is 25.0 Å². The van der Waals surface area contributed by atoms with Crippen molar-refractivity contribution in [3.63, 3.8) is 0 Å². The van der Waals surface area contributed by atoms with Gasteiger partial charge in [-0.3, -0.25) is 10.1 Å². The second-order valence-corrected chi connectivity index (χ2v) is 5.12. The number of hydrogen-bond acceptors (Lipinski definition) is 4. The van der Waals surface area contributed by atoms with Crippen molar-refractivity contribution in [2.24, 2.45) is 11.1 Å². The zero-order valence-electron chi connectivity index (χ0n) is 10.8. The number of nitrogens with two attached hydrogens (primary N) is 1. The molecule has 0 saturated carbocycles. The molecule has 1 rings (SSSR count). The first-order valence-electron chi connectivity index (χ1n) is 5.62. The Bertz CT molecular complexity index is 449. The highest BCUT2D eigenvalue weighted by Crippen LogP contribution is 2.25. The summed E-state index contributed by atoms with van der Waals surface area (Å²) >= 11 is 0. The monoisotopic (exact) mass is 255 g/mol. The van der Waals surface area contributed by atoms with E-state index in [-0.39, 0.29) is 11.1 Å². The number of non-ortho nitro benzene ring substituents is 1. The van der Waals surface area contributed by atoms with Crippen LogP contribution in [0.2, 0.25) is 0 Å². The van der Waals surface area contributed by atoms with E-state index in [2.05, 4.69) is 0 Å². The van der Waals surface area contributed by atoms with Crippen molar-refractivity contribution >= 4 is 11.4 Å². The summed E-state index contributed by atoms with van der Waals surface area (Å²) in [6.45, 7) is 5.00. The Labute approximate surface area is 106 Å². The van der Waals surface area contributed by atoms with Crippen molar-refractivity contribution < 1.29 is 9.31 Å². The number of nitro groups is 1. The average molecular weight is 255 g/mol. The molecule has 1 aromatic carbocycles. The van der Waals surface area contributed by atoms with Crippen molar-refractivity contribution in [3.05, 3.63) is 34.1 Å². The maximum absolute atomic E-state index is 13.8. The van der Waals surface area contributed by atoms with Crippen LogP contribution in [-0.2, 0) is 0 Å². The van der Waals surface area contributed by atoms with Crippen LogP contribution in [0.25, 0.3) is 0 Å². The molecule has 2 N–H and O–H groups in total. The Kier molecular flexibility index (Phi) is 4.24. The Morgan fingerprint density at radius 3 is 2.56 bits per heavy atom. The average Bonchev–Trinajstić information content (AvgIpc) is 2.28. The van der Waals surface area contributed by atoms with Crippen LogP contribution in [0.1, 0.15) is 13.8 Å². The third-order valence-electron chi connectivity index (χ3n) is 2.77. The van der Waals surface area contributed by atoms with Crippen molar-refractivity contribution in [1.29, 1.82) is 0 Å². The Hall–Kier alpha value is -1.69. The minimum absolute atomic E-state index is 0.150. The second-order valence-electron chi connectivity index (χ2n) is 5.12. The van der Waals surface area contributed by atoms with Crippen LogP contribution in [0.3, 0.4) is 0 Å². The van der Waals surface area contributed by atoms with Gasteiger partial charge >= 0.3 is 0 Å². The van der Waals surface area contributed by atoms with Crippen LogP contribution >= 0.6 is 0 Å². The molecular weight excluding hydrogens is 237 g/mol. The van der Waals surface area contributed by atoms with Crippen molar-refractivity contribution in [1.82, 2.24) is 0 Å². The molecule has 0 aromatic heterocycles. The first-order valence-corrected chi connectivity index (χ1v) is 5.62. The summed E-state index contributed by atoms with van der Waals surface area (Å²) in [6.07, 6.45) is 0. The van der Waals surface area contributed by atoms with E-state index in [1.807, 2.05) is 13.8 Å². The zero-order chi connectivity index (χ0) is 13.9. The molecule has 100 valence electrons. The highest BCUT2D eigenvalue weighted by Gasteiger charge is 2.21. The molecule has 0 fully saturated rings. The minimum Gasteiger partial charge on any atom is -0.372 e. The summed E-state index contributed by atoms with van der Waals surface area (Å²) in [7, 11) is 1.74. The molecule has 0 aliphatic heterocycles. The molecule has 0 aliphatic carbocycles. The standard InChI is InChI=1S/C12H18FN3O2/c1-12(2,7-14)8-15(3)11-5-4-9(16(17)18)6-10(11)13/h4-6H,7-8,14H2,1-3H3. The van der Waals surface area contributed by atoms with Crippen molar-refractivity contribution in [3.8, 4) is 0 Å². The first kappa shape index (κ1) is 14.4. The molecule has 18 heavy (non-hydrogen) atoms. The van der Waals surface area contributed by atoms with Gasteiger partial charge in [0, 0.05) is 19.7 Å². The van der Waals surface area contributed by atoms with Crippen LogP contribution in [0, 0.1) is 21.3 Å². The molecular formula is C12H18FN3O2. The lowest BCUT2D eigenvalue weighted by Crippen LogP contribution is -2.37. The summed E-state index contributed by atoms with van der Waals surface area (Å²) in [5.41, 5.74) is 5.56. The lowest BCUT2D eigenvalue weighted by molar-refractivity contribution is -0.385. The number of anilines is 1. The van der Waals surface area contributed by atoms with Crippen LogP contribution in [0.15, 0.2) is 18.2 Å². The highest BCUT2D eigenvalue weighted by atomic mass is 19.1. The third-order valence-corrected chi connectivity index (χ3v) is 2.77.